The van der Waals surface area contributed by atoms with E-state index >= 15 is 0 Å². The Bertz CT molecular complexity index is 415. The summed E-state index contributed by atoms with van der Waals surface area (Å²) < 4.78 is 11.0. The predicted molar refractivity (Wildman–Crippen MR) is 61.5 cm³/mol. The number of rotatable bonds is 5. The maximum atomic E-state index is 10.8. The van der Waals surface area contributed by atoms with Gasteiger partial charge in [-0.25, -0.2) is 0 Å². The van der Waals surface area contributed by atoms with Gasteiger partial charge in [0.1, 0.15) is 5.60 Å². The van der Waals surface area contributed by atoms with Crippen molar-refractivity contribution in [2.75, 3.05) is 20.2 Å². The van der Waals surface area contributed by atoms with Crippen molar-refractivity contribution in [2.45, 2.75) is 12.0 Å². The Kier molecular flexibility index (Phi) is 3.19. The third-order valence-corrected chi connectivity index (χ3v) is 2.76. The maximum Gasteiger partial charge on any atom is 0.307 e. The molecule has 0 bridgehead atoms. The third-order valence-electron chi connectivity index (χ3n) is 2.76. The van der Waals surface area contributed by atoms with Crippen LogP contribution in [0.3, 0.4) is 0 Å². The summed E-state index contributed by atoms with van der Waals surface area (Å²) >= 11 is 0. The highest BCUT2D eigenvalue weighted by Crippen LogP contribution is 2.32. The van der Waals surface area contributed by atoms with Crippen LogP contribution in [0, 0.1) is 0 Å². The van der Waals surface area contributed by atoms with E-state index in [4.69, 9.17) is 14.6 Å². The number of carboxylic acid groups (broad SMARTS) is 1. The lowest BCUT2D eigenvalue weighted by atomic mass is 9.92. The van der Waals surface area contributed by atoms with E-state index in [1.165, 1.54) is 0 Å². The van der Waals surface area contributed by atoms with Crippen molar-refractivity contribution >= 4 is 5.97 Å². The fraction of sp³-hybridized carbons (Fsp3) is 0.417. The van der Waals surface area contributed by atoms with Crippen LogP contribution >= 0.6 is 0 Å². The number of methoxy groups -OCH3 is 1. The molecule has 1 aromatic rings. The van der Waals surface area contributed by atoms with Crippen LogP contribution < -0.4 is 14.8 Å². The molecule has 0 aromatic heterocycles. The van der Waals surface area contributed by atoms with Crippen LogP contribution in [-0.4, -0.2) is 36.9 Å². The molecule has 92 valence electrons. The van der Waals surface area contributed by atoms with Crippen LogP contribution in [0.2, 0.25) is 0 Å². The van der Waals surface area contributed by atoms with E-state index in [0.29, 0.717) is 24.6 Å². The van der Waals surface area contributed by atoms with Gasteiger partial charge >= 0.3 is 5.97 Å². The minimum atomic E-state index is -0.860. The van der Waals surface area contributed by atoms with Gasteiger partial charge in [-0.05, 0) is 12.1 Å². The monoisotopic (exact) mass is 237 g/mol. The van der Waals surface area contributed by atoms with Crippen LogP contribution in [-0.2, 0) is 4.79 Å². The average molecular weight is 237 g/mol. The molecule has 0 spiro atoms. The Morgan fingerprint density at radius 2 is 2.06 bits per heavy atom. The van der Waals surface area contributed by atoms with Crippen molar-refractivity contribution in [3.63, 3.8) is 0 Å². The second kappa shape index (κ2) is 4.63. The highest BCUT2D eigenvalue weighted by Gasteiger charge is 2.42. The Morgan fingerprint density at radius 1 is 1.41 bits per heavy atom. The van der Waals surface area contributed by atoms with Crippen LogP contribution in [0.1, 0.15) is 6.42 Å². The molecule has 17 heavy (non-hydrogen) atoms. The van der Waals surface area contributed by atoms with Crippen molar-refractivity contribution < 1.29 is 19.4 Å². The van der Waals surface area contributed by atoms with Gasteiger partial charge in [0.2, 0.25) is 0 Å². The third kappa shape index (κ3) is 2.50. The molecular weight excluding hydrogens is 222 g/mol. The van der Waals surface area contributed by atoms with Crippen LogP contribution in [0.25, 0.3) is 0 Å². The number of para-hydroxylation sites is 2. The minimum Gasteiger partial charge on any atom is -0.493 e. The Balaban J connectivity index is 2.15. The van der Waals surface area contributed by atoms with Crippen LogP contribution in [0.15, 0.2) is 24.3 Å². The first-order chi connectivity index (χ1) is 8.15. The lowest BCUT2D eigenvalue weighted by Gasteiger charge is -2.41. The zero-order chi connectivity index (χ0) is 12.3. The molecule has 0 amide bonds. The first-order valence-electron chi connectivity index (χ1n) is 5.40. The lowest BCUT2D eigenvalue weighted by molar-refractivity contribution is -0.143. The van der Waals surface area contributed by atoms with E-state index in [0.717, 1.165) is 0 Å². The van der Waals surface area contributed by atoms with Gasteiger partial charge in [0.05, 0.1) is 13.5 Å². The van der Waals surface area contributed by atoms with E-state index in [-0.39, 0.29) is 6.42 Å². The molecule has 5 nitrogen and oxygen atoms in total. The van der Waals surface area contributed by atoms with E-state index in [1.807, 2.05) is 12.1 Å². The van der Waals surface area contributed by atoms with Crippen molar-refractivity contribution in [2.24, 2.45) is 0 Å². The summed E-state index contributed by atoms with van der Waals surface area (Å²) in [6, 6.07) is 7.24. The topological polar surface area (TPSA) is 67.8 Å². The number of hydrogen-bond donors (Lipinski definition) is 2. The molecule has 1 aromatic carbocycles. The van der Waals surface area contributed by atoms with E-state index < -0.39 is 11.6 Å². The fourth-order valence-corrected chi connectivity index (χ4v) is 1.85. The number of carbonyl (C=O) groups is 1. The van der Waals surface area contributed by atoms with Gasteiger partial charge in [-0.2, -0.15) is 0 Å². The number of hydrogen-bond acceptors (Lipinski definition) is 4. The summed E-state index contributed by atoms with van der Waals surface area (Å²) in [4.78, 5) is 10.8. The van der Waals surface area contributed by atoms with Gasteiger partial charge in [-0.15, -0.1) is 0 Å². The molecule has 1 saturated heterocycles. The number of nitrogens with one attached hydrogen (secondary N) is 1. The molecule has 1 aliphatic rings. The molecule has 0 saturated carbocycles. The second-order valence-electron chi connectivity index (χ2n) is 4.11. The average Bonchev–Trinajstić information content (AvgIpc) is 2.26. The number of aliphatic carboxylic acids is 1. The Hall–Kier alpha value is -1.75. The highest BCUT2D eigenvalue weighted by atomic mass is 16.5. The molecule has 0 atom stereocenters. The number of carboxylic acids is 1. The zero-order valence-electron chi connectivity index (χ0n) is 9.60. The summed E-state index contributed by atoms with van der Waals surface area (Å²) in [5, 5.41) is 11.9. The van der Waals surface area contributed by atoms with E-state index in [1.54, 1.807) is 19.2 Å². The van der Waals surface area contributed by atoms with Crippen molar-refractivity contribution in [3.05, 3.63) is 24.3 Å². The molecule has 1 fully saturated rings. The van der Waals surface area contributed by atoms with Gasteiger partial charge in [0, 0.05) is 13.1 Å². The van der Waals surface area contributed by atoms with E-state index in [2.05, 4.69) is 5.32 Å². The first-order valence-corrected chi connectivity index (χ1v) is 5.40. The summed E-state index contributed by atoms with van der Waals surface area (Å²) in [6.07, 6.45) is -0.0158. The van der Waals surface area contributed by atoms with Crippen molar-refractivity contribution in [1.82, 2.24) is 5.32 Å². The quantitative estimate of drug-likeness (QED) is 0.796. The minimum absolute atomic E-state index is 0.0158. The summed E-state index contributed by atoms with van der Waals surface area (Å²) in [7, 11) is 1.56. The second-order valence-corrected chi connectivity index (χ2v) is 4.11. The van der Waals surface area contributed by atoms with Gasteiger partial charge in [0.15, 0.2) is 11.5 Å². The molecule has 2 N–H and O–H groups in total. The summed E-state index contributed by atoms with van der Waals surface area (Å²) in [5.41, 5.74) is -0.652. The van der Waals surface area contributed by atoms with Gasteiger partial charge in [-0.3, -0.25) is 4.79 Å². The number of ether oxygens (including phenoxy) is 2. The van der Waals surface area contributed by atoms with Crippen molar-refractivity contribution in [1.29, 1.82) is 0 Å². The van der Waals surface area contributed by atoms with Crippen LogP contribution in [0.4, 0.5) is 0 Å². The molecule has 5 heteroatoms. The Morgan fingerprint density at radius 3 is 2.53 bits per heavy atom. The molecule has 0 radical (unpaired) electrons. The summed E-state index contributed by atoms with van der Waals surface area (Å²) in [5.74, 6) is 0.336. The molecule has 1 aliphatic heterocycles. The lowest BCUT2D eigenvalue weighted by Crippen LogP contribution is -2.64. The largest absolute Gasteiger partial charge is 0.493 e. The zero-order valence-corrected chi connectivity index (χ0v) is 9.60. The van der Waals surface area contributed by atoms with Crippen LogP contribution in [0.5, 0.6) is 11.5 Å². The van der Waals surface area contributed by atoms with Gasteiger partial charge < -0.3 is 19.9 Å². The van der Waals surface area contributed by atoms with Crippen molar-refractivity contribution in [3.8, 4) is 11.5 Å². The molecule has 0 unspecified atom stereocenters. The smallest absolute Gasteiger partial charge is 0.307 e. The normalized spacial score (nSPS) is 17.0. The maximum absolute atomic E-state index is 10.8. The number of benzene rings is 1. The van der Waals surface area contributed by atoms with E-state index in [9.17, 15) is 4.79 Å². The fourth-order valence-electron chi connectivity index (χ4n) is 1.85. The molecule has 1 heterocycles. The molecule has 2 rings (SSSR count). The molecule has 0 aliphatic carbocycles. The SMILES string of the molecule is COc1ccccc1OC1(CC(=O)O)CNC1. The molecular formula is C12H15NO4. The van der Waals surface area contributed by atoms with Gasteiger partial charge in [0.25, 0.3) is 0 Å². The standard InChI is InChI=1S/C12H15NO4/c1-16-9-4-2-3-5-10(9)17-12(6-11(14)15)7-13-8-12/h2-5,13H,6-8H2,1H3,(H,14,15). The Labute approximate surface area is 99.3 Å². The predicted octanol–water partition coefficient (Wildman–Crippen LogP) is 0.891. The first kappa shape index (κ1) is 11.7. The highest BCUT2D eigenvalue weighted by molar-refractivity contribution is 5.68. The summed E-state index contributed by atoms with van der Waals surface area (Å²) in [6.45, 7) is 1.08. The van der Waals surface area contributed by atoms with Gasteiger partial charge in [-0.1, -0.05) is 12.1 Å².